The third-order valence-electron chi connectivity index (χ3n) is 2.14. The first-order valence-corrected chi connectivity index (χ1v) is 4.72. The van der Waals surface area contributed by atoms with Gasteiger partial charge in [-0.1, -0.05) is 24.8 Å². The van der Waals surface area contributed by atoms with Crippen LogP contribution in [-0.2, 0) is 0 Å². The number of ether oxygens (including phenoxy) is 1. The molecule has 0 atom stereocenters. The van der Waals surface area contributed by atoms with Gasteiger partial charge >= 0.3 is 0 Å². The van der Waals surface area contributed by atoms with Crippen LogP contribution in [-0.4, -0.2) is 6.61 Å². The van der Waals surface area contributed by atoms with Gasteiger partial charge in [-0.05, 0) is 35.0 Å². The van der Waals surface area contributed by atoms with Crippen LogP contribution in [0.5, 0.6) is 5.75 Å². The fourth-order valence-corrected chi connectivity index (χ4v) is 1.44. The van der Waals surface area contributed by atoms with Gasteiger partial charge in [-0.15, -0.1) is 0 Å². The molecule has 2 rings (SSSR count). The summed E-state index contributed by atoms with van der Waals surface area (Å²) in [6.45, 7) is 4.03. The van der Waals surface area contributed by atoms with E-state index in [0.717, 1.165) is 16.5 Å². The minimum absolute atomic E-state index is 0.233. The normalized spacial score (nSPS) is 10.2. The van der Waals surface area contributed by atoms with Crippen molar-refractivity contribution in [3.05, 3.63) is 54.9 Å². The molecule has 0 fully saturated rings. The predicted molar refractivity (Wildman–Crippen MR) is 59.6 cm³/mol. The summed E-state index contributed by atoms with van der Waals surface area (Å²) in [5.41, 5.74) is 0. The van der Waals surface area contributed by atoms with E-state index in [1.165, 1.54) is 12.1 Å². The summed E-state index contributed by atoms with van der Waals surface area (Å²) in [4.78, 5) is 0. The maximum atomic E-state index is 13.0. The molecule has 2 aromatic carbocycles. The Hall–Kier alpha value is -1.83. The highest BCUT2D eigenvalue weighted by molar-refractivity contribution is 5.83. The molecular formula is C13H11FO. The summed E-state index contributed by atoms with van der Waals surface area (Å²) in [5.74, 6) is 0.497. The predicted octanol–water partition coefficient (Wildman–Crippen LogP) is 3.54. The van der Waals surface area contributed by atoms with E-state index in [0.29, 0.717) is 6.61 Å². The molecule has 1 nitrogen and oxygen atoms in total. The Balaban J connectivity index is 2.40. The molecule has 0 N–H and O–H groups in total. The summed E-state index contributed by atoms with van der Waals surface area (Å²) in [7, 11) is 0. The molecule has 15 heavy (non-hydrogen) atoms. The summed E-state index contributed by atoms with van der Waals surface area (Å²) in [5, 5.41) is 1.85. The lowest BCUT2D eigenvalue weighted by atomic mass is 10.1. The zero-order valence-electron chi connectivity index (χ0n) is 8.24. The van der Waals surface area contributed by atoms with E-state index in [9.17, 15) is 4.39 Å². The summed E-state index contributed by atoms with van der Waals surface area (Å²) < 4.78 is 18.3. The topological polar surface area (TPSA) is 9.23 Å². The number of hydrogen-bond acceptors (Lipinski definition) is 1. The summed E-state index contributed by atoms with van der Waals surface area (Å²) in [6, 6.07) is 10.3. The van der Waals surface area contributed by atoms with Gasteiger partial charge in [0.05, 0.1) is 0 Å². The minimum Gasteiger partial charge on any atom is -0.490 e. The molecule has 0 spiro atoms. The molecule has 0 radical (unpaired) electrons. The number of benzene rings is 2. The van der Waals surface area contributed by atoms with Crippen molar-refractivity contribution in [3.63, 3.8) is 0 Å². The molecule has 0 amide bonds. The Morgan fingerprint density at radius 1 is 1.13 bits per heavy atom. The number of hydrogen-bond donors (Lipinski definition) is 0. The molecule has 2 aromatic rings. The molecule has 0 bridgehead atoms. The first kappa shape index (κ1) is 9.71. The SMILES string of the molecule is C=CCOc1ccc2ccc(F)cc2c1. The van der Waals surface area contributed by atoms with Gasteiger partial charge in [-0.25, -0.2) is 4.39 Å². The number of halogens is 1. The highest BCUT2D eigenvalue weighted by atomic mass is 19.1. The van der Waals surface area contributed by atoms with E-state index in [-0.39, 0.29) is 5.82 Å². The fraction of sp³-hybridized carbons (Fsp3) is 0.0769. The highest BCUT2D eigenvalue weighted by Gasteiger charge is 1.98. The van der Waals surface area contributed by atoms with Crippen LogP contribution in [0.3, 0.4) is 0 Å². The van der Waals surface area contributed by atoms with Crippen molar-refractivity contribution in [2.75, 3.05) is 6.61 Å². The standard InChI is InChI=1S/C13H11FO/c1-2-7-15-13-6-4-10-3-5-12(14)8-11(10)9-13/h2-6,8-9H,1,7H2. The van der Waals surface area contributed by atoms with Crippen molar-refractivity contribution in [2.45, 2.75) is 0 Å². The van der Waals surface area contributed by atoms with Crippen LogP contribution in [0.25, 0.3) is 10.8 Å². The van der Waals surface area contributed by atoms with Crippen LogP contribution in [0.1, 0.15) is 0 Å². The fourth-order valence-electron chi connectivity index (χ4n) is 1.44. The third-order valence-corrected chi connectivity index (χ3v) is 2.14. The molecule has 76 valence electrons. The van der Waals surface area contributed by atoms with Crippen molar-refractivity contribution < 1.29 is 9.13 Å². The molecular weight excluding hydrogens is 191 g/mol. The molecule has 0 saturated carbocycles. The van der Waals surface area contributed by atoms with Crippen LogP contribution in [0.2, 0.25) is 0 Å². The third kappa shape index (κ3) is 2.15. The highest BCUT2D eigenvalue weighted by Crippen LogP contribution is 2.21. The van der Waals surface area contributed by atoms with E-state index in [4.69, 9.17) is 4.74 Å². The Labute approximate surface area is 87.8 Å². The lowest BCUT2D eigenvalue weighted by Gasteiger charge is -2.04. The van der Waals surface area contributed by atoms with Gasteiger partial charge in [-0.3, -0.25) is 0 Å². The van der Waals surface area contributed by atoms with Crippen LogP contribution in [0.4, 0.5) is 4.39 Å². The van der Waals surface area contributed by atoms with Crippen molar-refractivity contribution in [1.29, 1.82) is 0 Å². The Morgan fingerprint density at radius 3 is 2.73 bits per heavy atom. The maximum Gasteiger partial charge on any atom is 0.123 e. The van der Waals surface area contributed by atoms with Crippen LogP contribution in [0, 0.1) is 5.82 Å². The van der Waals surface area contributed by atoms with E-state index in [1.54, 1.807) is 12.1 Å². The minimum atomic E-state index is -0.233. The van der Waals surface area contributed by atoms with Crippen molar-refractivity contribution in [2.24, 2.45) is 0 Å². The summed E-state index contributed by atoms with van der Waals surface area (Å²) >= 11 is 0. The molecule has 0 aliphatic carbocycles. The monoisotopic (exact) mass is 202 g/mol. The number of rotatable bonds is 3. The zero-order valence-corrected chi connectivity index (χ0v) is 8.24. The van der Waals surface area contributed by atoms with Crippen molar-refractivity contribution in [3.8, 4) is 5.75 Å². The Morgan fingerprint density at radius 2 is 1.93 bits per heavy atom. The van der Waals surface area contributed by atoms with Crippen LogP contribution < -0.4 is 4.74 Å². The largest absolute Gasteiger partial charge is 0.490 e. The first-order valence-electron chi connectivity index (χ1n) is 4.72. The quantitative estimate of drug-likeness (QED) is 0.691. The van der Waals surface area contributed by atoms with Gasteiger partial charge in [-0.2, -0.15) is 0 Å². The van der Waals surface area contributed by atoms with Crippen LogP contribution in [0.15, 0.2) is 49.1 Å². The smallest absolute Gasteiger partial charge is 0.123 e. The zero-order chi connectivity index (χ0) is 10.7. The van der Waals surface area contributed by atoms with E-state index in [1.807, 2.05) is 18.2 Å². The van der Waals surface area contributed by atoms with E-state index >= 15 is 0 Å². The van der Waals surface area contributed by atoms with Crippen LogP contribution >= 0.6 is 0 Å². The molecule has 2 heteroatoms. The molecule has 0 aromatic heterocycles. The Kier molecular flexibility index (Phi) is 2.68. The average molecular weight is 202 g/mol. The second kappa shape index (κ2) is 4.13. The lowest BCUT2D eigenvalue weighted by molar-refractivity contribution is 0.364. The summed E-state index contributed by atoms with van der Waals surface area (Å²) in [6.07, 6.45) is 1.68. The molecule has 0 heterocycles. The molecule has 0 aliphatic rings. The van der Waals surface area contributed by atoms with E-state index < -0.39 is 0 Å². The van der Waals surface area contributed by atoms with Crippen molar-refractivity contribution in [1.82, 2.24) is 0 Å². The maximum absolute atomic E-state index is 13.0. The second-order valence-corrected chi connectivity index (χ2v) is 3.25. The second-order valence-electron chi connectivity index (χ2n) is 3.25. The van der Waals surface area contributed by atoms with Crippen molar-refractivity contribution >= 4 is 10.8 Å². The first-order chi connectivity index (χ1) is 7.29. The van der Waals surface area contributed by atoms with E-state index in [2.05, 4.69) is 6.58 Å². The molecule has 0 unspecified atom stereocenters. The lowest BCUT2D eigenvalue weighted by Crippen LogP contribution is -1.92. The average Bonchev–Trinajstić information content (AvgIpc) is 2.25. The van der Waals surface area contributed by atoms with Gasteiger partial charge in [0.25, 0.3) is 0 Å². The van der Waals surface area contributed by atoms with Gasteiger partial charge in [0, 0.05) is 0 Å². The van der Waals surface area contributed by atoms with Gasteiger partial charge in [0.1, 0.15) is 18.2 Å². The van der Waals surface area contributed by atoms with Gasteiger partial charge < -0.3 is 4.74 Å². The molecule has 0 aliphatic heterocycles. The van der Waals surface area contributed by atoms with Gasteiger partial charge in [0.2, 0.25) is 0 Å². The Bertz CT molecular complexity index is 491. The molecule has 0 saturated heterocycles. The number of fused-ring (bicyclic) bond motifs is 1. The van der Waals surface area contributed by atoms with Gasteiger partial charge in [0.15, 0.2) is 0 Å².